The Morgan fingerprint density at radius 3 is 2.14 bits per heavy atom. The van der Waals surface area contributed by atoms with Gasteiger partial charge >= 0.3 is 0 Å². The Morgan fingerprint density at radius 2 is 1.47 bits per heavy atom. The third-order valence-electron chi connectivity index (χ3n) is 8.28. The van der Waals surface area contributed by atoms with E-state index in [4.69, 9.17) is 4.74 Å². The van der Waals surface area contributed by atoms with E-state index in [9.17, 15) is 9.59 Å². The van der Waals surface area contributed by atoms with Gasteiger partial charge in [0.25, 0.3) is 0 Å². The molecular formula is C30H39N3O3. The van der Waals surface area contributed by atoms with E-state index in [0.717, 1.165) is 64.8 Å². The van der Waals surface area contributed by atoms with E-state index in [1.54, 1.807) is 0 Å². The summed E-state index contributed by atoms with van der Waals surface area (Å²) in [5.74, 6) is 0.382. The van der Waals surface area contributed by atoms with Crippen LogP contribution in [0, 0.1) is 0 Å². The van der Waals surface area contributed by atoms with Crippen molar-refractivity contribution in [1.29, 1.82) is 0 Å². The first-order valence-corrected chi connectivity index (χ1v) is 13.6. The maximum absolute atomic E-state index is 12.6. The van der Waals surface area contributed by atoms with Crippen LogP contribution < -0.4 is 10.6 Å². The zero-order valence-electron chi connectivity index (χ0n) is 21.2. The minimum Gasteiger partial charge on any atom is -0.379 e. The van der Waals surface area contributed by atoms with Gasteiger partial charge in [-0.15, -0.1) is 0 Å². The first-order valence-electron chi connectivity index (χ1n) is 13.6. The molecule has 6 nitrogen and oxygen atoms in total. The van der Waals surface area contributed by atoms with Gasteiger partial charge in [0, 0.05) is 49.5 Å². The summed E-state index contributed by atoms with van der Waals surface area (Å²) in [6.07, 6.45) is 6.61. The number of morpholine rings is 1. The van der Waals surface area contributed by atoms with Crippen molar-refractivity contribution in [2.45, 2.75) is 74.9 Å². The lowest BCUT2D eigenvalue weighted by atomic mass is 9.74. The van der Waals surface area contributed by atoms with Crippen LogP contribution >= 0.6 is 0 Å². The minimum atomic E-state index is -0.0218. The van der Waals surface area contributed by atoms with Gasteiger partial charge in [-0.1, -0.05) is 60.7 Å². The second-order valence-corrected chi connectivity index (χ2v) is 10.8. The molecule has 3 fully saturated rings. The van der Waals surface area contributed by atoms with Crippen molar-refractivity contribution < 1.29 is 14.3 Å². The van der Waals surface area contributed by atoms with Crippen molar-refractivity contribution >= 4 is 11.8 Å². The molecule has 2 N–H and O–H groups in total. The average Bonchev–Trinajstić information content (AvgIpc) is 3.69. The molecule has 2 unspecified atom stereocenters. The van der Waals surface area contributed by atoms with Crippen molar-refractivity contribution in [3.05, 3.63) is 71.8 Å². The van der Waals surface area contributed by atoms with Crippen LogP contribution in [0.25, 0.3) is 0 Å². The van der Waals surface area contributed by atoms with Gasteiger partial charge in [-0.2, -0.15) is 0 Å². The average molecular weight is 490 g/mol. The largest absolute Gasteiger partial charge is 0.379 e. The molecule has 0 radical (unpaired) electrons. The van der Waals surface area contributed by atoms with Gasteiger partial charge in [-0.25, -0.2) is 0 Å². The van der Waals surface area contributed by atoms with Gasteiger partial charge in [0.15, 0.2) is 0 Å². The third-order valence-corrected chi connectivity index (χ3v) is 8.28. The number of carbonyl (C=O) groups excluding carboxylic acids is 2. The van der Waals surface area contributed by atoms with Gasteiger partial charge in [0.1, 0.15) is 0 Å². The predicted molar refractivity (Wildman–Crippen MR) is 141 cm³/mol. The SMILES string of the molecule is O=C(CCC(=O)NC1CC1c1ccccc1)NC1CCC(Cc2ccccc2)(N2CCOCC2)CC1. The molecule has 2 aliphatic carbocycles. The first kappa shape index (κ1) is 25.0. The van der Waals surface area contributed by atoms with Crippen LogP contribution in [-0.4, -0.2) is 60.6 Å². The minimum absolute atomic E-state index is 0.00696. The number of nitrogens with zero attached hydrogens (tertiary/aromatic N) is 1. The zero-order chi connectivity index (χ0) is 24.8. The quantitative estimate of drug-likeness (QED) is 0.562. The van der Waals surface area contributed by atoms with E-state index in [0.29, 0.717) is 5.92 Å². The zero-order valence-corrected chi connectivity index (χ0v) is 21.2. The number of benzene rings is 2. The second kappa shape index (κ2) is 11.6. The molecule has 0 aromatic heterocycles. The van der Waals surface area contributed by atoms with Crippen LogP contribution in [0.2, 0.25) is 0 Å². The molecule has 2 aromatic carbocycles. The Bertz CT molecular complexity index is 999. The van der Waals surface area contributed by atoms with Crippen LogP contribution in [0.5, 0.6) is 0 Å². The summed E-state index contributed by atoms with van der Waals surface area (Å²) in [5.41, 5.74) is 2.78. The summed E-state index contributed by atoms with van der Waals surface area (Å²) in [6.45, 7) is 3.55. The highest BCUT2D eigenvalue weighted by atomic mass is 16.5. The summed E-state index contributed by atoms with van der Waals surface area (Å²) in [5, 5.41) is 6.32. The number of hydrogen-bond acceptors (Lipinski definition) is 4. The van der Waals surface area contributed by atoms with Crippen molar-refractivity contribution in [3.63, 3.8) is 0 Å². The number of amides is 2. The molecule has 5 rings (SSSR count). The number of nitrogens with one attached hydrogen (secondary N) is 2. The fourth-order valence-electron chi connectivity index (χ4n) is 6.15. The Kier molecular flexibility index (Phi) is 8.02. The van der Waals surface area contributed by atoms with Crippen molar-refractivity contribution in [2.24, 2.45) is 0 Å². The Morgan fingerprint density at radius 1 is 0.861 bits per heavy atom. The van der Waals surface area contributed by atoms with E-state index in [-0.39, 0.29) is 42.3 Å². The van der Waals surface area contributed by atoms with Crippen LogP contribution in [0.4, 0.5) is 0 Å². The number of rotatable bonds is 9. The van der Waals surface area contributed by atoms with E-state index in [1.807, 2.05) is 18.2 Å². The maximum atomic E-state index is 12.6. The molecule has 36 heavy (non-hydrogen) atoms. The fourth-order valence-corrected chi connectivity index (χ4v) is 6.15. The lowest BCUT2D eigenvalue weighted by Gasteiger charge is -2.50. The van der Waals surface area contributed by atoms with Gasteiger partial charge in [0.05, 0.1) is 13.2 Å². The number of carbonyl (C=O) groups is 2. The fraction of sp³-hybridized carbons (Fsp3) is 0.533. The molecule has 1 aliphatic heterocycles. The molecule has 1 saturated heterocycles. The molecule has 3 aliphatic rings. The summed E-state index contributed by atoms with van der Waals surface area (Å²) < 4.78 is 5.63. The molecule has 0 bridgehead atoms. The second-order valence-electron chi connectivity index (χ2n) is 10.8. The van der Waals surface area contributed by atoms with Gasteiger partial charge in [-0.3, -0.25) is 14.5 Å². The summed E-state index contributed by atoms with van der Waals surface area (Å²) in [7, 11) is 0. The summed E-state index contributed by atoms with van der Waals surface area (Å²) in [6, 6.07) is 21.5. The highest BCUT2D eigenvalue weighted by Gasteiger charge is 2.41. The Hall–Kier alpha value is -2.70. The highest BCUT2D eigenvalue weighted by Crippen LogP contribution is 2.40. The van der Waals surface area contributed by atoms with Crippen LogP contribution in [0.15, 0.2) is 60.7 Å². The Balaban J connectivity index is 1.07. The molecule has 2 aromatic rings. The smallest absolute Gasteiger partial charge is 0.220 e. The Labute approximate surface area is 214 Å². The van der Waals surface area contributed by atoms with Crippen molar-refractivity contribution in [1.82, 2.24) is 15.5 Å². The number of hydrogen-bond donors (Lipinski definition) is 2. The van der Waals surface area contributed by atoms with Crippen molar-refractivity contribution in [2.75, 3.05) is 26.3 Å². The molecule has 1 heterocycles. The molecule has 2 saturated carbocycles. The molecule has 2 atom stereocenters. The normalized spacial score (nSPS) is 28.3. The predicted octanol–water partition coefficient (Wildman–Crippen LogP) is 3.81. The molecule has 2 amide bonds. The van der Waals surface area contributed by atoms with Gasteiger partial charge < -0.3 is 15.4 Å². The van der Waals surface area contributed by atoms with E-state index in [2.05, 4.69) is 58.0 Å². The van der Waals surface area contributed by atoms with Gasteiger partial charge in [0.2, 0.25) is 11.8 Å². The van der Waals surface area contributed by atoms with E-state index < -0.39 is 0 Å². The molecular weight excluding hydrogens is 450 g/mol. The lowest BCUT2D eigenvalue weighted by Crippen LogP contribution is -2.58. The maximum Gasteiger partial charge on any atom is 0.220 e. The lowest BCUT2D eigenvalue weighted by molar-refractivity contribution is -0.127. The van der Waals surface area contributed by atoms with Crippen LogP contribution in [0.3, 0.4) is 0 Å². The van der Waals surface area contributed by atoms with Gasteiger partial charge in [-0.05, 0) is 49.7 Å². The number of ether oxygens (including phenoxy) is 1. The highest BCUT2D eigenvalue weighted by molar-refractivity contribution is 5.84. The standard InChI is InChI=1S/C30H39N3O3/c34-28(11-12-29(35)32-27-21-26(27)24-9-5-2-6-10-24)31-25-13-15-30(16-14-25,33-17-19-36-20-18-33)22-23-7-3-1-4-8-23/h1-10,25-27H,11-22H2,(H,31,34)(H,32,35). The molecule has 0 spiro atoms. The van der Waals surface area contributed by atoms with Crippen LogP contribution in [0.1, 0.15) is 62.0 Å². The topological polar surface area (TPSA) is 70.7 Å². The van der Waals surface area contributed by atoms with Crippen molar-refractivity contribution in [3.8, 4) is 0 Å². The first-order chi connectivity index (χ1) is 17.6. The summed E-state index contributed by atoms with van der Waals surface area (Å²) >= 11 is 0. The summed E-state index contributed by atoms with van der Waals surface area (Å²) in [4.78, 5) is 27.7. The molecule has 192 valence electrons. The van der Waals surface area contributed by atoms with E-state index >= 15 is 0 Å². The molecule has 6 heteroatoms. The van der Waals surface area contributed by atoms with E-state index in [1.165, 1.54) is 11.1 Å². The monoisotopic (exact) mass is 489 g/mol. The third kappa shape index (κ3) is 6.34. The van der Waals surface area contributed by atoms with Crippen LogP contribution in [-0.2, 0) is 20.7 Å².